The molecule has 0 aromatic carbocycles. The molecule has 1 fully saturated rings. The van der Waals surface area contributed by atoms with Crippen LogP contribution in [0.2, 0.25) is 0 Å². The van der Waals surface area contributed by atoms with E-state index >= 15 is 0 Å². The van der Waals surface area contributed by atoms with Gasteiger partial charge < -0.3 is 20.3 Å². The van der Waals surface area contributed by atoms with Gasteiger partial charge in [-0.25, -0.2) is 0 Å². The lowest BCUT2D eigenvalue weighted by molar-refractivity contribution is -0.144. The smallest absolute Gasteiger partial charge is 0.230 e. The lowest BCUT2D eigenvalue weighted by Gasteiger charge is -2.39. The fourth-order valence-corrected chi connectivity index (χ4v) is 3.16. The van der Waals surface area contributed by atoms with Gasteiger partial charge in [-0.05, 0) is 39.9 Å². The first-order chi connectivity index (χ1) is 10.1. The molecule has 0 unspecified atom stereocenters. The average Bonchev–Trinajstić information content (AvgIpc) is 2.50. The highest BCUT2D eigenvalue weighted by molar-refractivity contribution is 5.83. The highest BCUT2D eigenvalue weighted by Crippen LogP contribution is 2.37. The first-order valence-corrected chi connectivity index (χ1v) is 8.19. The molecule has 2 N–H and O–H groups in total. The molecule has 21 heavy (non-hydrogen) atoms. The largest absolute Gasteiger partial charge is 0.383 e. The molecule has 0 bridgehead atoms. The summed E-state index contributed by atoms with van der Waals surface area (Å²) < 4.78 is 5.17. The summed E-state index contributed by atoms with van der Waals surface area (Å²) in [6, 6.07) is 0. The lowest BCUT2D eigenvalue weighted by Crippen LogP contribution is -2.50. The van der Waals surface area contributed by atoms with Crippen LogP contribution in [0.25, 0.3) is 0 Å². The molecule has 0 radical (unpaired) electrons. The van der Waals surface area contributed by atoms with Crippen molar-refractivity contribution in [3.63, 3.8) is 0 Å². The van der Waals surface area contributed by atoms with Crippen LogP contribution in [0.15, 0.2) is 0 Å². The Morgan fingerprint density at radius 3 is 2.33 bits per heavy atom. The minimum absolute atomic E-state index is 0.250. The molecular formula is C16H33N3O2. The van der Waals surface area contributed by atoms with Gasteiger partial charge in [0.15, 0.2) is 0 Å². The molecule has 124 valence electrons. The van der Waals surface area contributed by atoms with E-state index in [9.17, 15) is 4.79 Å². The van der Waals surface area contributed by atoms with Crippen LogP contribution in [0, 0.1) is 5.41 Å². The third kappa shape index (κ3) is 5.57. The van der Waals surface area contributed by atoms with Crippen molar-refractivity contribution in [3.8, 4) is 0 Å². The monoisotopic (exact) mass is 299 g/mol. The van der Waals surface area contributed by atoms with Gasteiger partial charge >= 0.3 is 0 Å². The standard InChI is InChI=1S/C16H33N3O2/c1-18(2)10-7-11-19(12-13-21-3)15(20)16(14-17)8-5-4-6-9-16/h4-14,17H2,1-3H3. The zero-order chi connectivity index (χ0) is 15.7. The van der Waals surface area contributed by atoms with E-state index in [1.807, 2.05) is 4.90 Å². The normalized spacial score (nSPS) is 18.0. The summed E-state index contributed by atoms with van der Waals surface area (Å²) in [5.41, 5.74) is 5.68. The summed E-state index contributed by atoms with van der Waals surface area (Å²) in [4.78, 5) is 17.1. The van der Waals surface area contributed by atoms with Crippen LogP contribution in [0.3, 0.4) is 0 Å². The van der Waals surface area contributed by atoms with Crippen LogP contribution < -0.4 is 5.73 Å². The quantitative estimate of drug-likeness (QED) is 0.697. The van der Waals surface area contributed by atoms with Crippen LogP contribution in [0.4, 0.5) is 0 Å². The van der Waals surface area contributed by atoms with E-state index in [1.165, 1.54) is 6.42 Å². The second kappa shape index (κ2) is 9.38. The minimum atomic E-state index is -0.315. The number of hydrogen-bond acceptors (Lipinski definition) is 4. The van der Waals surface area contributed by atoms with Gasteiger partial charge in [-0.2, -0.15) is 0 Å². The summed E-state index contributed by atoms with van der Waals surface area (Å²) in [6.07, 6.45) is 6.35. The van der Waals surface area contributed by atoms with Crippen molar-refractivity contribution in [3.05, 3.63) is 0 Å². The van der Waals surface area contributed by atoms with Crippen LogP contribution in [0.5, 0.6) is 0 Å². The van der Waals surface area contributed by atoms with Gasteiger partial charge in [0.25, 0.3) is 0 Å². The SMILES string of the molecule is COCCN(CCCN(C)C)C(=O)C1(CN)CCCCC1. The number of nitrogens with zero attached hydrogens (tertiary/aromatic N) is 2. The van der Waals surface area contributed by atoms with Crippen molar-refractivity contribution in [1.29, 1.82) is 0 Å². The topological polar surface area (TPSA) is 58.8 Å². The van der Waals surface area contributed by atoms with Gasteiger partial charge in [0.2, 0.25) is 5.91 Å². The summed E-state index contributed by atoms with van der Waals surface area (Å²) >= 11 is 0. The van der Waals surface area contributed by atoms with Gasteiger partial charge in [0.1, 0.15) is 0 Å². The maximum atomic E-state index is 13.0. The highest BCUT2D eigenvalue weighted by atomic mass is 16.5. The van der Waals surface area contributed by atoms with E-state index in [1.54, 1.807) is 7.11 Å². The van der Waals surface area contributed by atoms with E-state index in [4.69, 9.17) is 10.5 Å². The number of nitrogens with two attached hydrogens (primary N) is 1. The number of rotatable bonds is 9. The molecule has 0 heterocycles. The van der Waals surface area contributed by atoms with Gasteiger partial charge in [0.05, 0.1) is 12.0 Å². The van der Waals surface area contributed by atoms with Crippen molar-refractivity contribution in [2.45, 2.75) is 38.5 Å². The number of methoxy groups -OCH3 is 1. The molecule has 0 saturated heterocycles. The van der Waals surface area contributed by atoms with Gasteiger partial charge in [-0.3, -0.25) is 4.79 Å². The van der Waals surface area contributed by atoms with Gasteiger partial charge in [-0.15, -0.1) is 0 Å². The summed E-state index contributed by atoms with van der Waals surface area (Å²) in [5.74, 6) is 0.250. The zero-order valence-electron chi connectivity index (χ0n) is 14.1. The maximum absolute atomic E-state index is 13.0. The second-order valence-corrected chi connectivity index (χ2v) is 6.49. The Labute approximate surface area is 129 Å². The Kier molecular flexibility index (Phi) is 8.22. The summed E-state index contributed by atoms with van der Waals surface area (Å²) in [7, 11) is 5.80. The predicted octanol–water partition coefficient (Wildman–Crippen LogP) is 1.32. The van der Waals surface area contributed by atoms with Crippen molar-refractivity contribution in [2.75, 3.05) is 54.0 Å². The van der Waals surface area contributed by atoms with Gasteiger partial charge in [-0.1, -0.05) is 19.3 Å². The van der Waals surface area contributed by atoms with Crippen LogP contribution in [-0.4, -0.2) is 69.7 Å². The number of carbonyl (C=O) groups excluding carboxylic acids is 1. The third-order valence-corrected chi connectivity index (χ3v) is 4.54. The van der Waals surface area contributed by atoms with E-state index in [2.05, 4.69) is 19.0 Å². The molecule has 1 rings (SSSR count). The van der Waals surface area contributed by atoms with Crippen molar-refractivity contribution in [1.82, 2.24) is 9.80 Å². The van der Waals surface area contributed by atoms with E-state index in [0.29, 0.717) is 19.7 Å². The van der Waals surface area contributed by atoms with E-state index in [0.717, 1.165) is 45.2 Å². The average molecular weight is 299 g/mol. The van der Waals surface area contributed by atoms with Crippen LogP contribution in [-0.2, 0) is 9.53 Å². The third-order valence-electron chi connectivity index (χ3n) is 4.54. The molecule has 0 aromatic rings. The number of ether oxygens (including phenoxy) is 1. The lowest BCUT2D eigenvalue weighted by atomic mass is 9.73. The summed E-state index contributed by atoms with van der Waals surface area (Å²) in [5, 5.41) is 0. The molecular weight excluding hydrogens is 266 g/mol. The molecule has 0 aliphatic heterocycles. The van der Waals surface area contributed by atoms with Gasteiger partial charge in [0, 0.05) is 26.7 Å². The minimum Gasteiger partial charge on any atom is -0.383 e. The Hall–Kier alpha value is -0.650. The van der Waals surface area contributed by atoms with Crippen LogP contribution >= 0.6 is 0 Å². The molecule has 1 aliphatic rings. The molecule has 0 atom stereocenters. The molecule has 1 saturated carbocycles. The predicted molar refractivity (Wildman–Crippen MR) is 86.2 cm³/mol. The molecule has 5 nitrogen and oxygen atoms in total. The first kappa shape index (κ1) is 18.4. The Bertz CT molecular complexity index is 302. The Morgan fingerprint density at radius 2 is 1.81 bits per heavy atom. The number of carbonyl (C=O) groups is 1. The van der Waals surface area contributed by atoms with E-state index in [-0.39, 0.29) is 11.3 Å². The molecule has 5 heteroatoms. The molecule has 1 aliphatic carbocycles. The Morgan fingerprint density at radius 1 is 1.14 bits per heavy atom. The highest BCUT2D eigenvalue weighted by Gasteiger charge is 2.40. The maximum Gasteiger partial charge on any atom is 0.230 e. The molecule has 0 spiro atoms. The van der Waals surface area contributed by atoms with Crippen molar-refractivity contribution in [2.24, 2.45) is 11.1 Å². The summed E-state index contributed by atoms with van der Waals surface area (Å²) in [6.45, 7) is 3.52. The van der Waals surface area contributed by atoms with E-state index < -0.39 is 0 Å². The number of amides is 1. The molecule has 0 aromatic heterocycles. The van der Waals surface area contributed by atoms with Crippen LogP contribution in [0.1, 0.15) is 38.5 Å². The Balaban J connectivity index is 2.67. The first-order valence-electron chi connectivity index (χ1n) is 8.19. The number of hydrogen-bond donors (Lipinski definition) is 1. The zero-order valence-corrected chi connectivity index (χ0v) is 14.1. The second-order valence-electron chi connectivity index (χ2n) is 6.49. The van der Waals surface area contributed by atoms with Crippen molar-refractivity contribution >= 4 is 5.91 Å². The molecule has 1 amide bonds. The fraction of sp³-hybridized carbons (Fsp3) is 0.938. The fourth-order valence-electron chi connectivity index (χ4n) is 3.16. The van der Waals surface area contributed by atoms with Crippen molar-refractivity contribution < 1.29 is 9.53 Å².